The van der Waals surface area contributed by atoms with Gasteiger partial charge in [0.2, 0.25) is 23.1 Å². The van der Waals surface area contributed by atoms with E-state index in [0.717, 1.165) is 0 Å². The number of hydrogen-bond donors (Lipinski definition) is 2. The minimum absolute atomic E-state index is 0.0853. The summed E-state index contributed by atoms with van der Waals surface area (Å²) >= 11 is 5.74. The summed E-state index contributed by atoms with van der Waals surface area (Å²) in [6, 6.07) is 0. The van der Waals surface area contributed by atoms with Crippen molar-refractivity contribution in [1.29, 1.82) is 0 Å². The molecule has 0 aromatic carbocycles. The second-order valence-electron chi connectivity index (χ2n) is 3.29. The van der Waals surface area contributed by atoms with Crippen molar-refractivity contribution in [2.45, 2.75) is 6.92 Å². The van der Waals surface area contributed by atoms with Crippen LogP contribution in [0.2, 0.25) is 5.28 Å². The van der Waals surface area contributed by atoms with Crippen molar-refractivity contribution in [3.05, 3.63) is 5.28 Å². The molecular weight excluding hydrogens is 244 g/mol. The molecule has 0 aliphatic carbocycles. The Hall–Kier alpha value is -1.63. The normalized spacial score (nSPS) is 9.88. The molecule has 0 saturated carbocycles. The SMILES string of the molecule is CCNC(=O)CN(C)c1nc(Cl)nc(NC)n1. The fraction of sp³-hybridized carbons (Fsp3) is 0.556. The molecule has 0 atom stereocenters. The third kappa shape index (κ3) is 4.03. The van der Waals surface area contributed by atoms with Crippen molar-refractivity contribution in [2.24, 2.45) is 0 Å². The highest BCUT2D eigenvalue weighted by atomic mass is 35.5. The lowest BCUT2D eigenvalue weighted by Crippen LogP contribution is -2.35. The first-order chi connectivity index (χ1) is 8.06. The monoisotopic (exact) mass is 258 g/mol. The van der Waals surface area contributed by atoms with Crippen LogP contribution >= 0.6 is 11.6 Å². The Bertz CT molecular complexity index is 399. The maximum atomic E-state index is 11.4. The maximum absolute atomic E-state index is 11.4. The van der Waals surface area contributed by atoms with Gasteiger partial charge in [-0.15, -0.1) is 0 Å². The third-order valence-electron chi connectivity index (χ3n) is 1.92. The largest absolute Gasteiger partial charge is 0.357 e. The molecule has 2 N–H and O–H groups in total. The van der Waals surface area contributed by atoms with Crippen LogP contribution < -0.4 is 15.5 Å². The molecule has 17 heavy (non-hydrogen) atoms. The molecule has 1 aromatic heterocycles. The number of likely N-dealkylation sites (N-methyl/N-ethyl adjacent to an activating group) is 2. The Morgan fingerprint density at radius 2 is 2.12 bits per heavy atom. The summed E-state index contributed by atoms with van der Waals surface area (Å²) in [6.45, 7) is 2.61. The molecular formula is C9H15ClN6O. The van der Waals surface area contributed by atoms with Gasteiger partial charge in [0.15, 0.2) is 0 Å². The molecule has 7 nitrogen and oxygen atoms in total. The second kappa shape index (κ2) is 6.19. The molecule has 1 heterocycles. The molecule has 0 aliphatic heterocycles. The molecule has 0 bridgehead atoms. The minimum atomic E-state index is -0.0995. The van der Waals surface area contributed by atoms with Gasteiger partial charge in [-0.1, -0.05) is 0 Å². The van der Waals surface area contributed by atoms with Crippen LogP contribution in [0.1, 0.15) is 6.92 Å². The smallest absolute Gasteiger partial charge is 0.239 e. The number of amides is 1. The number of anilines is 2. The zero-order chi connectivity index (χ0) is 12.8. The van der Waals surface area contributed by atoms with E-state index < -0.39 is 0 Å². The average molecular weight is 259 g/mol. The standard InChI is InChI=1S/C9H15ClN6O/c1-4-12-6(17)5-16(3)9-14-7(10)13-8(11-2)15-9/h4-5H2,1-3H3,(H,12,17)(H,11,13,14,15). The van der Waals surface area contributed by atoms with Crippen molar-refractivity contribution in [3.63, 3.8) is 0 Å². The summed E-state index contributed by atoms with van der Waals surface area (Å²) in [7, 11) is 3.39. The van der Waals surface area contributed by atoms with Crippen LogP contribution in [-0.4, -0.2) is 48.0 Å². The number of aromatic nitrogens is 3. The lowest BCUT2D eigenvalue weighted by molar-refractivity contribution is -0.119. The van der Waals surface area contributed by atoms with Gasteiger partial charge in [-0.25, -0.2) is 0 Å². The van der Waals surface area contributed by atoms with Crippen LogP contribution in [0, 0.1) is 0 Å². The van der Waals surface area contributed by atoms with Gasteiger partial charge >= 0.3 is 0 Å². The van der Waals surface area contributed by atoms with Gasteiger partial charge in [0.1, 0.15) is 0 Å². The summed E-state index contributed by atoms with van der Waals surface area (Å²) in [5, 5.41) is 5.54. The van der Waals surface area contributed by atoms with Gasteiger partial charge in [-0.3, -0.25) is 4.79 Å². The number of nitrogens with zero attached hydrogens (tertiary/aromatic N) is 4. The van der Waals surface area contributed by atoms with Crippen LogP contribution in [-0.2, 0) is 4.79 Å². The number of carbonyl (C=O) groups excluding carboxylic acids is 1. The van der Waals surface area contributed by atoms with Gasteiger partial charge in [-0.05, 0) is 18.5 Å². The van der Waals surface area contributed by atoms with Gasteiger partial charge < -0.3 is 15.5 Å². The average Bonchev–Trinajstić information content (AvgIpc) is 2.28. The van der Waals surface area contributed by atoms with Gasteiger partial charge in [0, 0.05) is 20.6 Å². The first-order valence-corrected chi connectivity index (χ1v) is 5.51. The summed E-state index contributed by atoms with van der Waals surface area (Å²) in [5.74, 6) is 0.612. The van der Waals surface area contributed by atoms with Crippen LogP contribution in [0.3, 0.4) is 0 Å². The van der Waals surface area contributed by atoms with Crippen LogP contribution in [0.4, 0.5) is 11.9 Å². The first kappa shape index (κ1) is 13.4. The molecule has 0 saturated heterocycles. The molecule has 0 spiro atoms. The van der Waals surface area contributed by atoms with Crippen LogP contribution in [0.5, 0.6) is 0 Å². The third-order valence-corrected chi connectivity index (χ3v) is 2.09. The Balaban J connectivity index is 2.77. The highest BCUT2D eigenvalue weighted by molar-refractivity contribution is 6.28. The molecule has 1 amide bonds. The Labute approximate surface area is 105 Å². The molecule has 0 unspecified atom stereocenters. The molecule has 1 rings (SSSR count). The fourth-order valence-corrected chi connectivity index (χ4v) is 1.32. The first-order valence-electron chi connectivity index (χ1n) is 5.14. The van der Waals surface area contributed by atoms with Crippen molar-refractivity contribution in [2.75, 3.05) is 37.4 Å². The highest BCUT2D eigenvalue weighted by Crippen LogP contribution is 2.11. The second-order valence-corrected chi connectivity index (χ2v) is 3.63. The van der Waals surface area contributed by atoms with E-state index in [1.54, 1.807) is 19.0 Å². The van der Waals surface area contributed by atoms with E-state index in [9.17, 15) is 4.79 Å². The Morgan fingerprint density at radius 1 is 1.41 bits per heavy atom. The summed E-state index contributed by atoms with van der Waals surface area (Å²) in [5.41, 5.74) is 0. The van der Waals surface area contributed by atoms with Crippen molar-refractivity contribution in [1.82, 2.24) is 20.3 Å². The number of nitrogens with one attached hydrogen (secondary N) is 2. The lowest BCUT2D eigenvalue weighted by atomic mass is 10.5. The van der Waals surface area contributed by atoms with E-state index in [0.29, 0.717) is 18.4 Å². The summed E-state index contributed by atoms with van der Waals surface area (Å²) in [6.07, 6.45) is 0. The van der Waals surface area contributed by atoms with Crippen LogP contribution in [0.25, 0.3) is 0 Å². The van der Waals surface area contributed by atoms with E-state index >= 15 is 0 Å². The molecule has 1 aromatic rings. The highest BCUT2D eigenvalue weighted by Gasteiger charge is 2.11. The zero-order valence-electron chi connectivity index (χ0n) is 9.99. The zero-order valence-corrected chi connectivity index (χ0v) is 10.7. The van der Waals surface area contributed by atoms with Gasteiger partial charge in [-0.2, -0.15) is 15.0 Å². The lowest BCUT2D eigenvalue weighted by Gasteiger charge is -2.16. The number of carbonyl (C=O) groups is 1. The number of hydrogen-bond acceptors (Lipinski definition) is 6. The van der Waals surface area contributed by atoms with Crippen molar-refractivity contribution < 1.29 is 4.79 Å². The molecule has 0 fully saturated rings. The molecule has 8 heteroatoms. The van der Waals surface area contributed by atoms with E-state index in [2.05, 4.69) is 25.6 Å². The fourth-order valence-electron chi connectivity index (χ4n) is 1.16. The Morgan fingerprint density at radius 3 is 2.71 bits per heavy atom. The maximum Gasteiger partial charge on any atom is 0.239 e. The van der Waals surface area contributed by atoms with Crippen molar-refractivity contribution in [3.8, 4) is 0 Å². The summed E-state index contributed by atoms with van der Waals surface area (Å²) in [4.78, 5) is 24.9. The van der Waals surface area contributed by atoms with E-state index in [1.165, 1.54) is 0 Å². The van der Waals surface area contributed by atoms with E-state index in [-0.39, 0.29) is 17.7 Å². The quantitative estimate of drug-likeness (QED) is 0.782. The van der Waals surface area contributed by atoms with E-state index in [1.807, 2.05) is 6.92 Å². The van der Waals surface area contributed by atoms with Crippen LogP contribution in [0.15, 0.2) is 0 Å². The predicted octanol–water partition coefficient (Wildman–Crippen LogP) is 0.139. The number of halogens is 1. The minimum Gasteiger partial charge on any atom is -0.357 e. The van der Waals surface area contributed by atoms with Gasteiger partial charge in [0.25, 0.3) is 0 Å². The molecule has 94 valence electrons. The summed E-state index contributed by atoms with van der Waals surface area (Å²) < 4.78 is 0. The van der Waals surface area contributed by atoms with E-state index in [4.69, 9.17) is 11.6 Å². The Kier molecular flexibility index (Phi) is 4.89. The van der Waals surface area contributed by atoms with Gasteiger partial charge in [0.05, 0.1) is 6.54 Å². The topological polar surface area (TPSA) is 83.0 Å². The number of rotatable bonds is 5. The predicted molar refractivity (Wildman–Crippen MR) is 66.3 cm³/mol. The molecule has 0 radical (unpaired) electrons. The molecule has 0 aliphatic rings. The van der Waals surface area contributed by atoms with Crippen molar-refractivity contribution >= 4 is 29.4 Å².